The van der Waals surface area contributed by atoms with Crippen LogP contribution < -0.4 is 21.9 Å². The molecule has 0 unspecified atom stereocenters. The van der Waals surface area contributed by atoms with Gasteiger partial charge >= 0.3 is 11.9 Å². The topological polar surface area (TPSA) is 76.5 Å². The van der Waals surface area contributed by atoms with Gasteiger partial charge in [0.05, 0.1) is 18.7 Å². The van der Waals surface area contributed by atoms with E-state index < -0.39 is 47.2 Å². The lowest BCUT2D eigenvalue weighted by Gasteiger charge is -2.37. The molecule has 1 atom stereocenters. The van der Waals surface area contributed by atoms with Crippen LogP contribution in [0.25, 0.3) is 0 Å². The van der Waals surface area contributed by atoms with Gasteiger partial charge in [0.1, 0.15) is 17.3 Å². The lowest BCUT2D eigenvalue weighted by molar-refractivity contribution is -0.137. The Kier molecular flexibility index (Phi) is 9.02. The van der Waals surface area contributed by atoms with Gasteiger partial charge in [-0.1, -0.05) is 54.6 Å². The maximum Gasteiger partial charge on any atom is 0.416 e. The fourth-order valence-electron chi connectivity index (χ4n) is 5.58. The summed E-state index contributed by atoms with van der Waals surface area (Å²) < 4.78 is 71.1. The minimum absolute atomic E-state index is 0.162. The van der Waals surface area contributed by atoms with Crippen LogP contribution in [-0.4, -0.2) is 40.2 Å². The molecule has 0 bridgehead atoms. The van der Waals surface area contributed by atoms with Crippen LogP contribution in [0.15, 0.2) is 82.4 Å². The molecule has 0 saturated carbocycles. The van der Waals surface area contributed by atoms with Gasteiger partial charge < -0.3 is 10.6 Å². The Morgan fingerprint density at radius 1 is 0.818 bits per heavy atom. The highest BCUT2D eigenvalue weighted by Crippen LogP contribution is 2.30. The average molecular weight is 614 g/mol. The van der Waals surface area contributed by atoms with E-state index >= 15 is 0 Å². The lowest BCUT2D eigenvalue weighted by Crippen LogP contribution is -2.51. The molecule has 232 valence electrons. The van der Waals surface area contributed by atoms with Crippen molar-refractivity contribution in [3.63, 3.8) is 0 Å². The maximum atomic E-state index is 14.7. The van der Waals surface area contributed by atoms with E-state index in [1.54, 1.807) is 42.2 Å². The summed E-state index contributed by atoms with van der Waals surface area (Å²) >= 11 is 0. The zero-order valence-corrected chi connectivity index (χ0v) is 24.0. The largest absolute Gasteiger partial charge is 0.416 e. The molecule has 1 aliphatic rings. The molecule has 1 saturated heterocycles. The molecule has 3 aromatic carbocycles. The molecule has 12 heteroatoms. The summed E-state index contributed by atoms with van der Waals surface area (Å²) in [6.07, 6.45) is -4.44. The van der Waals surface area contributed by atoms with Crippen LogP contribution in [0.3, 0.4) is 0 Å². The average Bonchev–Trinajstić information content (AvgIpc) is 3.00. The highest BCUT2D eigenvalue weighted by atomic mass is 19.4. The van der Waals surface area contributed by atoms with E-state index in [9.17, 15) is 31.5 Å². The van der Waals surface area contributed by atoms with Crippen molar-refractivity contribution in [2.75, 3.05) is 31.1 Å². The van der Waals surface area contributed by atoms with E-state index in [4.69, 9.17) is 5.73 Å². The monoisotopic (exact) mass is 613 g/mol. The Morgan fingerprint density at radius 3 is 2.09 bits per heavy atom. The molecule has 0 aliphatic carbocycles. The highest BCUT2D eigenvalue weighted by molar-refractivity contribution is 5.50. The number of hydrogen-bond donors (Lipinski definition) is 1. The van der Waals surface area contributed by atoms with Crippen molar-refractivity contribution in [1.29, 1.82) is 0 Å². The van der Waals surface area contributed by atoms with Crippen molar-refractivity contribution in [3.05, 3.63) is 133 Å². The number of halogens is 5. The minimum atomic E-state index is -4.44. The van der Waals surface area contributed by atoms with Gasteiger partial charge in [0.2, 0.25) is 0 Å². The quantitative estimate of drug-likeness (QED) is 0.292. The number of nitrogens with zero attached hydrogens (tertiary/aromatic N) is 4. The molecule has 0 amide bonds. The molecule has 4 aromatic rings. The van der Waals surface area contributed by atoms with Crippen LogP contribution in [0.1, 0.15) is 34.0 Å². The number of piperazine rings is 1. The second-order valence-electron chi connectivity index (χ2n) is 10.9. The Balaban J connectivity index is 1.46. The summed E-state index contributed by atoms with van der Waals surface area (Å²) in [6, 6.07) is 16.8. The summed E-state index contributed by atoms with van der Waals surface area (Å²) in [5.74, 6) is -1.64. The number of hydrogen-bond acceptors (Lipinski definition) is 5. The predicted octanol–water partition coefficient (Wildman–Crippen LogP) is 4.69. The Hall–Kier alpha value is -4.29. The molecular formula is C32H32F5N5O2. The molecule has 2 heterocycles. The zero-order chi connectivity index (χ0) is 31.6. The van der Waals surface area contributed by atoms with Gasteiger partial charge in [-0.25, -0.2) is 13.6 Å². The SMILES string of the molecule is Cc1c(N2CCN(Cc3cccc(C(F)(F)F)c3)CC2)c(=O)n(C[C@@H](N)c2ccccc2)c(=O)n1Cc1c(F)cccc1F. The molecule has 5 rings (SSSR count). The number of nitrogens with two attached hydrogens (primary N) is 1. The molecule has 0 radical (unpaired) electrons. The van der Waals surface area contributed by atoms with Gasteiger partial charge in [-0.3, -0.25) is 18.8 Å². The van der Waals surface area contributed by atoms with Crippen LogP contribution in [0.2, 0.25) is 0 Å². The molecule has 2 N–H and O–H groups in total. The summed E-state index contributed by atoms with van der Waals surface area (Å²) in [4.78, 5) is 31.4. The normalized spacial score (nSPS) is 15.0. The first-order chi connectivity index (χ1) is 20.9. The number of alkyl halides is 3. The summed E-state index contributed by atoms with van der Waals surface area (Å²) in [6.45, 7) is 2.79. The zero-order valence-electron chi connectivity index (χ0n) is 24.0. The Bertz CT molecular complexity index is 1720. The molecule has 0 spiro atoms. The first-order valence-corrected chi connectivity index (χ1v) is 14.1. The van der Waals surface area contributed by atoms with E-state index in [-0.39, 0.29) is 23.5 Å². The van der Waals surface area contributed by atoms with Crippen LogP contribution in [0.4, 0.5) is 27.6 Å². The molecule has 7 nitrogen and oxygen atoms in total. The second-order valence-corrected chi connectivity index (χ2v) is 10.9. The molecule has 1 aromatic heterocycles. The van der Waals surface area contributed by atoms with Gasteiger partial charge in [0, 0.05) is 50.0 Å². The van der Waals surface area contributed by atoms with Crippen molar-refractivity contribution in [2.45, 2.75) is 38.8 Å². The van der Waals surface area contributed by atoms with Gasteiger partial charge in [0.15, 0.2) is 0 Å². The highest BCUT2D eigenvalue weighted by Gasteiger charge is 2.31. The van der Waals surface area contributed by atoms with Gasteiger partial charge in [0.25, 0.3) is 5.56 Å². The Morgan fingerprint density at radius 2 is 1.45 bits per heavy atom. The number of anilines is 1. The van der Waals surface area contributed by atoms with E-state index in [0.717, 1.165) is 28.8 Å². The standard InChI is InChI=1S/C32H32F5N5O2/c1-21-29(40-15-13-39(14-16-40)18-22-7-5-10-24(17-22)32(35,36)37)30(43)42(20-28(38)23-8-3-2-4-9-23)31(44)41(21)19-25-26(33)11-6-12-27(25)34/h2-12,17,28H,13-16,18-20,38H2,1H3/t28-/m1/s1. The third-order valence-electron chi connectivity index (χ3n) is 7.99. The fourth-order valence-corrected chi connectivity index (χ4v) is 5.58. The van der Waals surface area contributed by atoms with Crippen molar-refractivity contribution in [3.8, 4) is 0 Å². The lowest BCUT2D eigenvalue weighted by atomic mass is 10.1. The van der Waals surface area contributed by atoms with E-state index in [1.165, 1.54) is 16.7 Å². The summed E-state index contributed by atoms with van der Waals surface area (Å²) in [7, 11) is 0. The van der Waals surface area contributed by atoms with Crippen LogP contribution >= 0.6 is 0 Å². The molecular weight excluding hydrogens is 581 g/mol. The van der Waals surface area contributed by atoms with Crippen LogP contribution in [-0.2, 0) is 25.8 Å². The maximum absolute atomic E-state index is 14.7. The molecule has 1 fully saturated rings. The van der Waals surface area contributed by atoms with Gasteiger partial charge in [-0.2, -0.15) is 13.2 Å². The number of rotatable bonds is 8. The van der Waals surface area contributed by atoms with Crippen molar-refractivity contribution >= 4 is 5.69 Å². The van der Waals surface area contributed by atoms with Crippen molar-refractivity contribution in [1.82, 2.24) is 14.0 Å². The van der Waals surface area contributed by atoms with E-state index in [2.05, 4.69) is 0 Å². The minimum Gasteiger partial charge on any atom is -0.363 e. The third-order valence-corrected chi connectivity index (χ3v) is 7.99. The van der Waals surface area contributed by atoms with Crippen LogP contribution in [0.5, 0.6) is 0 Å². The first-order valence-electron chi connectivity index (χ1n) is 14.1. The Labute approximate surface area is 250 Å². The van der Waals surface area contributed by atoms with Crippen LogP contribution in [0, 0.1) is 18.6 Å². The van der Waals surface area contributed by atoms with E-state index in [0.29, 0.717) is 43.9 Å². The molecule has 44 heavy (non-hydrogen) atoms. The van der Waals surface area contributed by atoms with E-state index in [1.807, 2.05) is 11.0 Å². The smallest absolute Gasteiger partial charge is 0.363 e. The summed E-state index contributed by atoms with van der Waals surface area (Å²) in [5.41, 5.74) is 5.73. The fraction of sp³-hybridized carbons (Fsp3) is 0.312. The molecule has 1 aliphatic heterocycles. The van der Waals surface area contributed by atoms with Crippen molar-refractivity contribution in [2.24, 2.45) is 5.73 Å². The first kappa shape index (κ1) is 31.1. The number of benzene rings is 3. The van der Waals surface area contributed by atoms with Gasteiger partial charge in [-0.15, -0.1) is 0 Å². The predicted molar refractivity (Wildman–Crippen MR) is 157 cm³/mol. The number of aromatic nitrogens is 2. The van der Waals surface area contributed by atoms with Crippen molar-refractivity contribution < 1.29 is 22.0 Å². The third kappa shape index (κ3) is 6.61. The van der Waals surface area contributed by atoms with Gasteiger partial charge in [-0.05, 0) is 36.2 Å². The summed E-state index contributed by atoms with van der Waals surface area (Å²) in [5, 5.41) is 0. The second kappa shape index (κ2) is 12.7.